The largest absolute Gasteiger partial charge is 0.309 e. The van der Waals surface area contributed by atoms with E-state index in [1.165, 1.54) is 59.5 Å². The van der Waals surface area contributed by atoms with E-state index in [1.807, 2.05) is 6.07 Å². The van der Waals surface area contributed by atoms with Gasteiger partial charge in [-0.3, -0.25) is 0 Å². The third kappa shape index (κ3) is 4.29. The molecule has 0 bridgehead atoms. The van der Waals surface area contributed by atoms with Crippen LogP contribution in [-0.4, -0.2) is 27.2 Å². The highest BCUT2D eigenvalue weighted by Gasteiger charge is 2.41. The fourth-order valence-corrected chi connectivity index (χ4v) is 12.2. The molecule has 0 atom stereocenters. The van der Waals surface area contributed by atoms with Gasteiger partial charge in [-0.05, 0) is 58.4 Å². The van der Waals surface area contributed by atoms with Crippen LogP contribution in [0.3, 0.4) is 0 Å². The van der Waals surface area contributed by atoms with Crippen LogP contribution in [0.15, 0.2) is 170 Å². The Morgan fingerprint density at radius 1 is 0.453 bits per heavy atom. The molecule has 0 spiro atoms. The lowest BCUT2D eigenvalue weighted by atomic mass is 10.1. The molecule has 0 saturated carbocycles. The van der Waals surface area contributed by atoms with Gasteiger partial charge in [0.25, 0.3) is 0 Å². The zero-order chi connectivity index (χ0) is 35.3. The quantitative estimate of drug-likeness (QED) is 0.172. The van der Waals surface area contributed by atoms with Crippen LogP contribution in [0, 0.1) is 0 Å². The van der Waals surface area contributed by atoms with E-state index in [0.29, 0.717) is 0 Å². The van der Waals surface area contributed by atoms with E-state index in [-0.39, 0.29) is 0 Å². The van der Waals surface area contributed by atoms with Crippen molar-refractivity contribution in [1.82, 2.24) is 19.1 Å². The van der Waals surface area contributed by atoms with Crippen molar-refractivity contribution in [1.29, 1.82) is 0 Å². The molecule has 0 N–H and O–H groups in total. The second-order valence-corrected chi connectivity index (χ2v) is 18.9. The predicted molar refractivity (Wildman–Crippen MR) is 224 cm³/mol. The van der Waals surface area contributed by atoms with Crippen molar-refractivity contribution in [2.24, 2.45) is 0 Å². The van der Waals surface area contributed by atoms with Crippen molar-refractivity contribution in [3.63, 3.8) is 0 Å². The first-order chi connectivity index (χ1) is 26.1. The van der Waals surface area contributed by atoms with E-state index < -0.39 is 8.07 Å². The van der Waals surface area contributed by atoms with Gasteiger partial charge in [0.15, 0.2) is 5.82 Å². The van der Waals surface area contributed by atoms with Gasteiger partial charge in [-0.25, -0.2) is 9.97 Å². The summed E-state index contributed by atoms with van der Waals surface area (Å²) in [4.78, 5) is 10.7. The van der Waals surface area contributed by atoms with Crippen molar-refractivity contribution < 1.29 is 0 Å². The molecule has 4 heterocycles. The van der Waals surface area contributed by atoms with E-state index in [0.717, 1.165) is 39.7 Å². The summed E-state index contributed by atoms with van der Waals surface area (Å²) in [5.74, 6) is 0.763. The first-order valence-electron chi connectivity index (χ1n) is 18.3. The van der Waals surface area contributed by atoms with Crippen LogP contribution in [0.1, 0.15) is 0 Å². The topological polar surface area (TPSA) is 35.6 Å². The number of hydrogen-bond acceptors (Lipinski definition) is 2. The predicted octanol–water partition coefficient (Wildman–Crippen LogP) is 10.8. The van der Waals surface area contributed by atoms with Gasteiger partial charge in [-0.15, -0.1) is 0 Å². The van der Waals surface area contributed by atoms with Crippen LogP contribution < -0.4 is 10.4 Å². The minimum absolute atomic E-state index is 0.763. The Hall–Kier alpha value is -6.56. The molecule has 0 unspecified atom stereocenters. The monoisotopic (exact) mass is 694 g/mol. The van der Waals surface area contributed by atoms with E-state index in [4.69, 9.17) is 9.97 Å². The minimum atomic E-state index is -2.12. The molecule has 0 radical (unpaired) electrons. The van der Waals surface area contributed by atoms with Crippen LogP contribution in [0.25, 0.3) is 88.9 Å². The van der Waals surface area contributed by atoms with Gasteiger partial charge in [-0.1, -0.05) is 140 Å². The molecule has 4 nitrogen and oxygen atoms in total. The van der Waals surface area contributed by atoms with Gasteiger partial charge in [0, 0.05) is 44.0 Å². The third-order valence-corrected chi connectivity index (χ3v) is 14.8. The van der Waals surface area contributed by atoms with Crippen molar-refractivity contribution >= 4 is 62.1 Å². The zero-order valence-corrected chi connectivity index (χ0v) is 30.5. The number of benzene rings is 7. The Morgan fingerprint density at radius 2 is 1.08 bits per heavy atom. The molecule has 3 aromatic heterocycles. The Morgan fingerprint density at radius 3 is 1.89 bits per heavy atom. The van der Waals surface area contributed by atoms with E-state index in [9.17, 15) is 0 Å². The van der Waals surface area contributed by atoms with E-state index in [1.54, 1.807) is 0 Å². The highest BCUT2D eigenvalue weighted by Crippen LogP contribution is 2.42. The second kappa shape index (κ2) is 11.2. The Balaban J connectivity index is 1.20. The molecule has 5 heteroatoms. The minimum Gasteiger partial charge on any atom is -0.309 e. The number of nitrogens with zero attached hydrogens (tertiary/aromatic N) is 4. The first-order valence-corrected chi connectivity index (χ1v) is 21.3. The number of rotatable bonds is 4. The Bertz CT molecular complexity index is 3080. The van der Waals surface area contributed by atoms with Crippen molar-refractivity contribution in [2.45, 2.75) is 13.1 Å². The smallest absolute Gasteiger partial charge is 0.160 e. The van der Waals surface area contributed by atoms with Gasteiger partial charge in [-0.2, -0.15) is 0 Å². The highest BCUT2D eigenvalue weighted by molar-refractivity contribution is 7.04. The Kier molecular flexibility index (Phi) is 6.37. The third-order valence-electron chi connectivity index (χ3n) is 11.3. The zero-order valence-electron chi connectivity index (χ0n) is 29.5. The van der Waals surface area contributed by atoms with Crippen molar-refractivity contribution in [3.05, 3.63) is 170 Å². The van der Waals surface area contributed by atoms with Crippen molar-refractivity contribution in [2.75, 3.05) is 0 Å². The molecule has 0 fully saturated rings. The molecular weight excluding hydrogens is 661 g/mol. The molecule has 0 aliphatic carbocycles. The number of aromatic nitrogens is 4. The van der Waals surface area contributed by atoms with Gasteiger partial charge in [0.05, 0.1) is 33.5 Å². The molecule has 1 aliphatic rings. The molecule has 0 saturated heterocycles. The summed E-state index contributed by atoms with van der Waals surface area (Å²) in [6, 6.07) is 61.3. The maximum atomic E-state index is 5.43. The highest BCUT2D eigenvalue weighted by atomic mass is 28.3. The fraction of sp³-hybridized carbons (Fsp3) is 0.0417. The summed E-state index contributed by atoms with van der Waals surface area (Å²) in [5, 5.41) is 7.73. The maximum Gasteiger partial charge on any atom is 0.160 e. The number of hydrogen-bond donors (Lipinski definition) is 0. The molecule has 11 rings (SSSR count). The lowest BCUT2D eigenvalue weighted by Crippen LogP contribution is -2.50. The second-order valence-electron chi connectivity index (χ2n) is 14.6. The van der Waals surface area contributed by atoms with Gasteiger partial charge in [0.2, 0.25) is 0 Å². The van der Waals surface area contributed by atoms with Gasteiger partial charge >= 0.3 is 0 Å². The summed E-state index contributed by atoms with van der Waals surface area (Å²) in [6.45, 7) is 4.89. The number of fused-ring (bicyclic) bond motifs is 10. The van der Waals surface area contributed by atoms with Crippen molar-refractivity contribution in [3.8, 4) is 45.3 Å². The lowest BCUT2D eigenvalue weighted by molar-refractivity contribution is 1.17. The number of para-hydroxylation sites is 3. The van der Waals surface area contributed by atoms with Gasteiger partial charge in [0.1, 0.15) is 8.07 Å². The molecule has 7 aromatic carbocycles. The standard InChI is InChI=1S/C48H34N4Si/c1-53(2)42-27-14-11-24-38(42)45-47(53)44(49-48(50-45)31-16-5-3-6-17-31)32-18-15-21-34(30-32)51-40-26-13-10-23-37(40)43-41(51)29-28-36-35-22-9-12-25-39(35)52(46(36)43)33-19-7-4-8-20-33/h3-30H,1-2H3. The molecule has 10 aromatic rings. The van der Waals surface area contributed by atoms with Crippen LogP contribution in [-0.2, 0) is 0 Å². The summed E-state index contributed by atoms with van der Waals surface area (Å²) < 4.78 is 4.89. The molecule has 250 valence electrons. The summed E-state index contributed by atoms with van der Waals surface area (Å²) in [7, 11) is -2.12. The van der Waals surface area contributed by atoms with E-state index in [2.05, 4.69) is 186 Å². The molecule has 1 aliphatic heterocycles. The van der Waals surface area contributed by atoms with Gasteiger partial charge < -0.3 is 9.13 Å². The lowest BCUT2D eigenvalue weighted by Gasteiger charge is -2.22. The first kappa shape index (κ1) is 30.1. The summed E-state index contributed by atoms with van der Waals surface area (Å²) >= 11 is 0. The summed E-state index contributed by atoms with van der Waals surface area (Å²) in [6.07, 6.45) is 0. The fourth-order valence-electron chi connectivity index (χ4n) is 8.97. The summed E-state index contributed by atoms with van der Waals surface area (Å²) in [5.41, 5.74) is 12.6. The normalized spacial score (nSPS) is 13.2. The van der Waals surface area contributed by atoms with E-state index >= 15 is 0 Å². The van der Waals surface area contributed by atoms with Crippen LogP contribution >= 0.6 is 0 Å². The molecule has 53 heavy (non-hydrogen) atoms. The molecular formula is C48H34N4Si. The van der Waals surface area contributed by atoms with Crippen LogP contribution in [0.2, 0.25) is 13.1 Å². The maximum absolute atomic E-state index is 5.43. The molecule has 0 amide bonds. The SMILES string of the molecule is C[Si]1(C)c2ccccc2-c2nc(-c3ccccc3)nc(-c3cccc(-n4c5ccccc5c5c4ccc4c6ccccc6n(-c6ccccc6)c45)c3)c21. The Labute approximate surface area is 308 Å². The van der Waals surface area contributed by atoms with Crippen LogP contribution in [0.5, 0.6) is 0 Å². The average molecular weight is 695 g/mol. The van der Waals surface area contributed by atoms with Crippen LogP contribution in [0.4, 0.5) is 0 Å². The average Bonchev–Trinajstić information content (AvgIpc) is 3.82.